The number of guanidine groups is 1. The first kappa shape index (κ1) is 26.5. The smallest absolute Gasteiger partial charge is 0.414 e. The topological polar surface area (TPSA) is 113 Å². The summed E-state index contributed by atoms with van der Waals surface area (Å²) >= 11 is 1.27. The number of ether oxygens (including phenoxy) is 1. The minimum Gasteiger partial charge on any atom is -0.444 e. The number of nitrogens with one attached hydrogen (secondary N) is 1. The van der Waals surface area contributed by atoms with Crippen LogP contribution in [0.1, 0.15) is 43.8 Å². The fraction of sp³-hybridized carbons (Fsp3) is 0.308. The van der Waals surface area contributed by atoms with E-state index in [9.17, 15) is 13.2 Å². The van der Waals surface area contributed by atoms with Gasteiger partial charge in [-0.15, -0.1) is 11.3 Å². The molecule has 0 saturated heterocycles. The van der Waals surface area contributed by atoms with Gasteiger partial charge < -0.3 is 4.74 Å². The van der Waals surface area contributed by atoms with E-state index in [4.69, 9.17) is 9.73 Å². The van der Waals surface area contributed by atoms with Crippen LogP contribution in [-0.4, -0.2) is 53.9 Å². The van der Waals surface area contributed by atoms with E-state index in [1.807, 2.05) is 60.7 Å². The third-order valence-electron chi connectivity index (χ3n) is 5.42. The van der Waals surface area contributed by atoms with Gasteiger partial charge in [-0.3, -0.25) is 5.32 Å². The van der Waals surface area contributed by atoms with Crippen molar-refractivity contribution in [2.45, 2.75) is 38.8 Å². The molecule has 3 aromatic rings. The monoisotopic (exact) mass is 539 g/mol. The van der Waals surface area contributed by atoms with Crippen molar-refractivity contribution in [3.8, 4) is 0 Å². The lowest BCUT2D eigenvalue weighted by Crippen LogP contribution is -2.54. The molecule has 0 aliphatic carbocycles. The van der Waals surface area contributed by atoms with Crippen LogP contribution in [0.2, 0.25) is 0 Å². The van der Waals surface area contributed by atoms with Crippen molar-refractivity contribution in [2.24, 2.45) is 9.98 Å². The molecule has 1 aromatic heterocycles. The maximum absolute atomic E-state index is 13.0. The van der Waals surface area contributed by atoms with Crippen LogP contribution in [0.4, 0.5) is 10.6 Å². The number of alkyl carbamates (subject to hydrolysis) is 1. The Morgan fingerprint density at radius 3 is 2.19 bits per heavy atom. The zero-order valence-corrected chi connectivity index (χ0v) is 22.9. The van der Waals surface area contributed by atoms with Crippen LogP contribution in [0.15, 0.2) is 76.0 Å². The Morgan fingerprint density at radius 2 is 1.65 bits per heavy atom. The van der Waals surface area contributed by atoms with Crippen LogP contribution >= 0.6 is 11.3 Å². The van der Waals surface area contributed by atoms with Gasteiger partial charge in [-0.25, -0.2) is 32.5 Å². The van der Waals surface area contributed by atoms with E-state index in [1.165, 1.54) is 18.4 Å². The molecule has 1 atom stereocenters. The van der Waals surface area contributed by atoms with E-state index in [0.717, 1.165) is 21.1 Å². The van der Waals surface area contributed by atoms with Gasteiger partial charge in [-0.05, 0) is 27.7 Å². The third kappa shape index (κ3) is 6.23. The molecule has 0 saturated carbocycles. The summed E-state index contributed by atoms with van der Waals surface area (Å²) in [6.45, 7) is 6.83. The van der Waals surface area contributed by atoms with Gasteiger partial charge in [0.05, 0.1) is 5.71 Å². The third-order valence-corrected chi connectivity index (χ3v) is 8.44. The standard InChI is InChI=1S/C26H29N5O4S2/c1-25(2,3)35-24(32)29-23-30-26(4,17-37(33,34)31(23)5)22-28-20(16-36-22)27-21(18-12-8-6-9-13-18)19-14-10-7-11-15-19/h6-16H,17H2,1-5H3,(H,29,30,32)/t26-/m0/s1. The predicted octanol–water partition coefficient (Wildman–Crippen LogP) is 4.68. The van der Waals surface area contributed by atoms with Crippen molar-refractivity contribution in [3.63, 3.8) is 0 Å². The van der Waals surface area contributed by atoms with Gasteiger partial charge in [0.2, 0.25) is 16.0 Å². The molecule has 194 valence electrons. The number of thiazole rings is 1. The molecule has 4 rings (SSSR count). The molecule has 0 spiro atoms. The van der Waals surface area contributed by atoms with E-state index in [1.54, 1.807) is 33.1 Å². The van der Waals surface area contributed by atoms with Gasteiger partial charge in [0, 0.05) is 23.6 Å². The van der Waals surface area contributed by atoms with Gasteiger partial charge in [0.1, 0.15) is 21.9 Å². The van der Waals surface area contributed by atoms with E-state index >= 15 is 0 Å². The highest BCUT2D eigenvalue weighted by molar-refractivity contribution is 7.89. The Hall–Kier alpha value is -3.57. The molecule has 0 fully saturated rings. The first-order valence-corrected chi connectivity index (χ1v) is 14.1. The molecule has 11 heteroatoms. The summed E-state index contributed by atoms with van der Waals surface area (Å²) in [5.74, 6) is 0.00583. The van der Waals surface area contributed by atoms with Crippen molar-refractivity contribution >= 4 is 44.9 Å². The van der Waals surface area contributed by atoms with E-state index < -0.39 is 27.3 Å². The van der Waals surface area contributed by atoms with Crippen molar-refractivity contribution in [1.82, 2.24) is 14.6 Å². The maximum atomic E-state index is 13.0. The summed E-state index contributed by atoms with van der Waals surface area (Å²) in [5, 5.41) is 4.71. The van der Waals surface area contributed by atoms with E-state index in [-0.39, 0.29) is 11.7 Å². The number of rotatable bonds is 4. The van der Waals surface area contributed by atoms with Crippen LogP contribution in [0.3, 0.4) is 0 Å². The molecule has 0 unspecified atom stereocenters. The zero-order chi connectivity index (χ0) is 26.8. The number of carbonyl (C=O) groups excluding carboxylic acids is 1. The van der Waals surface area contributed by atoms with Crippen molar-refractivity contribution in [2.75, 3.05) is 12.8 Å². The van der Waals surface area contributed by atoms with E-state index in [0.29, 0.717) is 10.8 Å². The van der Waals surface area contributed by atoms with Gasteiger partial charge in [-0.1, -0.05) is 60.7 Å². The highest BCUT2D eigenvalue weighted by Crippen LogP contribution is 2.36. The Bertz CT molecular complexity index is 1400. The molecule has 1 aliphatic rings. The number of aromatic nitrogens is 1. The lowest BCUT2D eigenvalue weighted by molar-refractivity contribution is 0.0559. The number of sulfonamides is 1. The lowest BCUT2D eigenvalue weighted by atomic mass is 10.0. The molecule has 2 aromatic carbocycles. The quantitative estimate of drug-likeness (QED) is 0.484. The van der Waals surface area contributed by atoms with Gasteiger partial charge in [0.25, 0.3) is 0 Å². The fourth-order valence-electron chi connectivity index (χ4n) is 3.70. The zero-order valence-electron chi connectivity index (χ0n) is 21.3. The first-order valence-electron chi connectivity index (χ1n) is 11.6. The van der Waals surface area contributed by atoms with Crippen LogP contribution in [-0.2, 0) is 20.3 Å². The SMILES string of the molecule is CN1C(NC(=O)OC(C)(C)C)=N[C@](C)(c2nc(N=C(c3ccccc3)c3ccccc3)cs2)CS1(=O)=O. The normalized spacial score (nSPS) is 19.1. The van der Waals surface area contributed by atoms with Crippen LogP contribution < -0.4 is 5.32 Å². The number of benzene rings is 2. The molecule has 2 heterocycles. The largest absolute Gasteiger partial charge is 0.444 e. The second-order valence-corrected chi connectivity index (χ2v) is 12.6. The Morgan fingerprint density at radius 1 is 1.08 bits per heavy atom. The first-order chi connectivity index (χ1) is 17.4. The Balaban J connectivity index is 1.71. The molecule has 0 radical (unpaired) electrons. The number of nitrogens with zero attached hydrogens (tertiary/aromatic N) is 4. The lowest BCUT2D eigenvalue weighted by Gasteiger charge is -2.34. The van der Waals surface area contributed by atoms with Crippen molar-refractivity contribution in [1.29, 1.82) is 0 Å². The molecule has 1 N–H and O–H groups in total. The average Bonchev–Trinajstić information content (AvgIpc) is 3.30. The molecule has 1 amide bonds. The molecular formula is C26H29N5O4S2. The highest BCUT2D eigenvalue weighted by atomic mass is 32.2. The highest BCUT2D eigenvalue weighted by Gasteiger charge is 2.43. The van der Waals surface area contributed by atoms with Crippen molar-refractivity contribution in [3.05, 3.63) is 82.2 Å². The number of hydrogen-bond acceptors (Lipinski definition) is 8. The Labute approximate surface area is 221 Å². The molecule has 9 nitrogen and oxygen atoms in total. The molecule has 0 bridgehead atoms. The maximum Gasteiger partial charge on any atom is 0.414 e. The summed E-state index contributed by atoms with van der Waals surface area (Å²) in [5.41, 5.74) is 0.622. The summed E-state index contributed by atoms with van der Waals surface area (Å²) in [7, 11) is -2.45. The summed E-state index contributed by atoms with van der Waals surface area (Å²) < 4.78 is 32.2. The Kier molecular flexibility index (Phi) is 7.20. The number of amides is 1. The number of carbonyl (C=O) groups is 1. The summed E-state index contributed by atoms with van der Waals surface area (Å²) in [4.78, 5) is 26.4. The second-order valence-electron chi connectivity index (χ2n) is 9.76. The molecular weight excluding hydrogens is 510 g/mol. The number of hydrogen-bond donors (Lipinski definition) is 1. The van der Waals surface area contributed by atoms with Crippen LogP contribution in [0.25, 0.3) is 0 Å². The summed E-state index contributed by atoms with van der Waals surface area (Å²) in [6, 6.07) is 19.6. The van der Waals surface area contributed by atoms with Crippen LogP contribution in [0, 0.1) is 0 Å². The minimum atomic E-state index is -3.79. The second kappa shape index (κ2) is 10.1. The molecule has 37 heavy (non-hydrogen) atoms. The minimum absolute atomic E-state index is 0.127. The van der Waals surface area contributed by atoms with Gasteiger partial charge >= 0.3 is 6.09 Å². The van der Waals surface area contributed by atoms with Gasteiger partial charge in [0.15, 0.2) is 5.82 Å². The van der Waals surface area contributed by atoms with Crippen molar-refractivity contribution < 1.29 is 17.9 Å². The number of aliphatic imine (C=N–C) groups is 2. The van der Waals surface area contributed by atoms with E-state index in [2.05, 4.69) is 15.3 Å². The fourth-order valence-corrected chi connectivity index (χ4v) is 6.08. The average molecular weight is 540 g/mol. The summed E-state index contributed by atoms with van der Waals surface area (Å²) in [6.07, 6.45) is -0.794. The van der Waals surface area contributed by atoms with Crippen LogP contribution in [0.5, 0.6) is 0 Å². The van der Waals surface area contributed by atoms with Gasteiger partial charge in [-0.2, -0.15) is 0 Å². The predicted molar refractivity (Wildman–Crippen MR) is 146 cm³/mol. The molecule has 1 aliphatic heterocycles.